The Bertz CT molecular complexity index is 271. The first-order valence-electron chi connectivity index (χ1n) is 3.48. The molecule has 0 bridgehead atoms. The highest BCUT2D eigenvalue weighted by atomic mass is 16.4. The largest absolute Gasteiger partial charge is 0.481 e. The van der Waals surface area contributed by atoms with Gasteiger partial charge in [-0.3, -0.25) is 4.79 Å². The Hall–Kier alpha value is -1.59. The molecule has 12 heavy (non-hydrogen) atoms. The molecule has 0 spiro atoms. The summed E-state index contributed by atoms with van der Waals surface area (Å²) in [5.74, 6) is -0.448. The van der Waals surface area contributed by atoms with Crippen molar-refractivity contribution in [2.75, 3.05) is 5.73 Å². The summed E-state index contributed by atoms with van der Waals surface area (Å²) in [6.45, 7) is 0. The SMILES string of the molecule is Nc1nnc(CCCC(=O)O)o1. The number of carbonyl (C=O) groups is 1. The van der Waals surface area contributed by atoms with Crippen LogP contribution in [0.15, 0.2) is 4.42 Å². The number of carboxylic acid groups (broad SMARTS) is 1. The van der Waals surface area contributed by atoms with Gasteiger partial charge < -0.3 is 15.3 Å². The monoisotopic (exact) mass is 171 g/mol. The van der Waals surface area contributed by atoms with Gasteiger partial charge in [-0.1, -0.05) is 5.10 Å². The zero-order valence-corrected chi connectivity index (χ0v) is 6.36. The van der Waals surface area contributed by atoms with Gasteiger partial charge in [0.25, 0.3) is 0 Å². The molecule has 6 nitrogen and oxygen atoms in total. The van der Waals surface area contributed by atoms with Crippen molar-refractivity contribution >= 4 is 12.0 Å². The fourth-order valence-electron chi connectivity index (χ4n) is 0.758. The molecule has 0 saturated heterocycles. The first-order valence-corrected chi connectivity index (χ1v) is 3.48. The van der Waals surface area contributed by atoms with Crippen molar-refractivity contribution in [3.63, 3.8) is 0 Å². The number of nitrogens with zero attached hydrogens (tertiary/aromatic N) is 2. The molecule has 1 heterocycles. The van der Waals surface area contributed by atoms with Gasteiger partial charge in [-0.15, -0.1) is 5.10 Å². The lowest BCUT2D eigenvalue weighted by Crippen LogP contribution is -1.95. The van der Waals surface area contributed by atoms with Crippen LogP contribution in [-0.4, -0.2) is 21.3 Å². The van der Waals surface area contributed by atoms with E-state index in [2.05, 4.69) is 10.2 Å². The van der Waals surface area contributed by atoms with E-state index in [1.165, 1.54) is 0 Å². The average molecular weight is 171 g/mol. The molecule has 1 aromatic rings. The van der Waals surface area contributed by atoms with E-state index in [1.807, 2.05) is 0 Å². The Labute approximate surface area is 68.4 Å². The average Bonchev–Trinajstić information content (AvgIpc) is 2.35. The maximum atomic E-state index is 10.1. The lowest BCUT2D eigenvalue weighted by Gasteiger charge is -1.90. The molecule has 0 unspecified atom stereocenters. The van der Waals surface area contributed by atoms with Crippen LogP contribution in [0.2, 0.25) is 0 Å². The summed E-state index contributed by atoms with van der Waals surface area (Å²) < 4.78 is 4.83. The predicted octanol–water partition coefficient (Wildman–Crippen LogP) is 0.0591. The normalized spacial score (nSPS) is 10.0. The van der Waals surface area contributed by atoms with Crippen molar-refractivity contribution < 1.29 is 14.3 Å². The Morgan fingerprint density at radius 2 is 2.33 bits per heavy atom. The Morgan fingerprint density at radius 3 is 2.83 bits per heavy atom. The summed E-state index contributed by atoms with van der Waals surface area (Å²) >= 11 is 0. The van der Waals surface area contributed by atoms with Gasteiger partial charge in [0.05, 0.1) is 0 Å². The molecule has 1 rings (SSSR count). The topological polar surface area (TPSA) is 102 Å². The highest BCUT2D eigenvalue weighted by Crippen LogP contribution is 2.04. The summed E-state index contributed by atoms with van der Waals surface area (Å²) in [6.07, 6.45) is 1.04. The van der Waals surface area contributed by atoms with Crippen molar-refractivity contribution in [3.8, 4) is 0 Å². The molecule has 6 heteroatoms. The van der Waals surface area contributed by atoms with Crippen LogP contribution < -0.4 is 5.73 Å². The van der Waals surface area contributed by atoms with Crippen LogP contribution in [0.25, 0.3) is 0 Å². The summed E-state index contributed by atoms with van der Waals surface area (Å²) in [4.78, 5) is 10.1. The quantitative estimate of drug-likeness (QED) is 0.664. The zero-order valence-electron chi connectivity index (χ0n) is 6.36. The second-order valence-corrected chi connectivity index (χ2v) is 2.28. The summed E-state index contributed by atoms with van der Waals surface area (Å²) in [5.41, 5.74) is 5.15. The van der Waals surface area contributed by atoms with Gasteiger partial charge >= 0.3 is 12.0 Å². The Kier molecular flexibility index (Phi) is 2.62. The molecular formula is C6H9N3O3. The van der Waals surface area contributed by atoms with Crippen LogP contribution in [-0.2, 0) is 11.2 Å². The molecule has 0 aliphatic rings. The number of anilines is 1. The van der Waals surface area contributed by atoms with Gasteiger partial charge in [0.1, 0.15) is 0 Å². The molecule has 0 aliphatic carbocycles. The number of nitrogens with two attached hydrogens (primary N) is 1. The Morgan fingerprint density at radius 1 is 1.58 bits per heavy atom. The van der Waals surface area contributed by atoms with Crippen LogP contribution in [0.4, 0.5) is 6.01 Å². The van der Waals surface area contributed by atoms with Crippen LogP contribution in [0.1, 0.15) is 18.7 Å². The van der Waals surface area contributed by atoms with Gasteiger partial charge in [0.15, 0.2) is 0 Å². The zero-order chi connectivity index (χ0) is 8.97. The maximum Gasteiger partial charge on any atom is 0.312 e. The lowest BCUT2D eigenvalue weighted by molar-refractivity contribution is -0.137. The number of hydrogen-bond acceptors (Lipinski definition) is 5. The molecule has 0 radical (unpaired) electrons. The summed E-state index contributed by atoms with van der Waals surface area (Å²) in [6, 6.07) is 0.0142. The maximum absolute atomic E-state index is 10.1. The minimum absolute atomic E-state index is 0.0142. The highest BCUT2D eigenvalue weighted by molar-refractivity contribution is 5.66. The minimum atomic E-state index is -0.831. The number of nitrogen functional groups attached to an aromatic ring is 1. The van der Waals surface area contributed by atoms with E-state index in [1.54, 1.807) is 0 Å². The van der Waals surface area contributed by atoms with E-state index in [4.69, 9.17) is 15.3 Å². The van der Waals surface area contributed by atoms with Crippen LogP contribution in [0.3, 0.4) is 0 Å². The molecule has 0 aromatic carbocycles. The number of carboxylic acids is 1. The third-order valence-electron chi connectivity index (χ3n) is 1.26. The standard InChI is InChI=1S/C6H9N3O3/c7-6-9-8-4(12-6)2-1-3-5(10)11/h1-3H2,(H2,7,9)(H,10,11). The molecule has 0 amide bonds. The van der Waals surface area contributed by atoms with Gasteiger partial charge in [-0.25, -0.2) is 0 Å². The van der Waals surface area contributed by atoms with Crippen molar-refractivity contribution in [2.24, 2.45) is 0 Å². The van der Waals surface area contributed by atoms with Gasteiger partial charge in [-0.05, 0) is 6.42 Å². The van der Waals surface area contributed by atoms with Crippen molar-refractivity contribution in [2.45, 2.75) is 19.3 Å². The highest BCUT2D eigenvalue weighted by Gasteiger charge is 2.03. The number of aromatic nitrogens is 2. The van der Waals surface area contributed by atoms with Crippen molar-refractivity contribution in [1.29, 1.82) is 0 Å². The second kappa shape index (κ2) is 3.70. The van der Waals surface area contributed by atoms with E-state index >= 15 is 0 Å². The van der Waals surface area contributed by atoms with Crippen LogP contribution in [0.5, 0.6) is 0 Å². The number of rotatable bonds is 4. The van der Waals surface area contributed by atoms with Crippen molar-refractivity contribution in [1.82, 2.24) is 10.2 Å². The Balaban J connectivity index is 2.29. The van der Waals surface area contributed by atoms with E-state index in [0.717, 1.165) is 0 Å². The van der Waals surface area contributed by atoms with E-state index < -0.39 is 5.97 Å². The molecule has 3 N–H and O–H groups in total. The molecule has 0 atom stereocenters. The third-order valence-corrected chi connectivity index (χ3v) is 1.26. The fraction of sp³-hybridized carbons (Fsp3) is 0.500. The van der Waals surface area contributed by atoms with E-state index in [0.29, 0.717) is 18.7 Å². The molecule has 66 valence electrons. The fourth-order valence-corrected chi connectivity index (χ4v) is 0.758. The number of aryl methyl sites for hydroxylation is 1. The molecule has 0 fully saturated rings. The molecule has 1 aromatic heterocycles. The third kappa shape index (κ3) is 2.57. The smallest absolute Gasteiger partial charge is 0.312 e. The predicted molar refractivity (Wildman–Crippen MR) is 39.3 cm³/mol. The minimum Gasteiger partial charge on any atom is -0.481 e. The summed E-state index contributed by atoms with van der Waals surface area (Å²) in [7, 11) is 0. The van der Waals surface area contributed by atoms with E-state index in [9.17, 15) is 4.79 Å². The van der Waals surface area contributed by atoms with Crippen LogP contribution in [0, 0.1) is 0 Å². The van der Waals surface area contributed by atoms with Crippen molar-refractivity contribution in [3.05, 3.63) is 5.89 Å². The number of hydrogen-bond donors (Lipinski definition) is 2. The van der Waals surface area contributed by atoms with Gasteiger partial charge in [0.2, 0.25) is 5.89 Å². The van der Waals surface area contributed by atoms with Crippen LogP contribution >= 0.6 is 0 Å². The molecule has 0 aliphatic heterocycles. The van der Waals surface area contributed by atoms with Gasteiger partial charge in [-0.2, -0.15) is 0 Å². The lowest BCUT2D eigenvalue weighted by atomic mass is 10.2. The molecular weight excluding hydrogens is 162 g/mol. The first-order chi connectivity index (χ1) is 5.68. The summed E-state index contributed by atoms with van der Waals surface area (Å²) in [5, 5.41) is 15.3. The second-order valence-electron chi connectivity index (χ2n) is 2.28. The first kappa shape index (κ1) is 8.51. The van der Waals surface area contributed by atoms with E-state index in [-0.39, 0.29) is 12.4 Å². The molecule has 0 saturated carbocycles. The number of aliphatic carboxylic acids is 1. The van der Waals surface area contributed by atoms with Gasteiger partial charge in [0, 0.05) is 12.8 Å².